The van der Waals surface area contributed by atoms with Crippen LogP contribution in [0.2, 0.25) is 0 Å². The van der Waals surface area contributed by atoms with Gasteiger partial charge in [-0.25, -0.2) is 0 Å². The average Bonchev–Trinajstić information content (AvgIpc) is 3.44. The summed E-state index contributed by atoms with van der Waals surface area (Å²) in [7, 11) is 1.62. The van der Waals surface area contributed by atoms with E-state index in [9.17, 15) is 9.59 Å². The van der Waals surface area contributed by atoms with E-state index >= 15 is 0 Å². The lowest BCUT2D eigenvalue weighted by Crippen LogP contribution is -2.49. The molecule has 1 aromatic rings. The van der Waals surface area contributed by atoms with Crippen molar-refractivity contribution in [1.82, 2.24) is 10.2 Å². The summed E-state index contributed by atoms with van der Waals surface area (Å²) in [4.78, 5) is 27.0. The molecule has 1 aliphatic carbocycles. The summed E-state index contributed by atoms with van der Waals surface area (Å²) in [6, 6.07) is 7.61. The predicted octanol–water partition coefficient (Wildman–Crippen LogP) is 2.26. The van der Waals surface area contributed by atoms with Crippen LogP contribution in [0.3, 0.4) is 0 Å². The normalized spacial score (nSPS) is 20.4. The van der Waals surface area contributed by atoms with E-state index in [2.05, 4.69) is 10.2 Å². The van der Waals surface area contributed by atoms with Crippen molar-refractivity contribution in [1.29, 1.82) is 0 Å². The van der Waals surface area contributed by atoms with Crippen LogP contribution in [-0.4, -0.2) is 48.9 Å². The van der Waals surface area contributed by atoms with E-state index in [0.717, 1.165) is 50.1 Å². The third-order valence-electron chi connectivity index (χ3n) is 5.13. The standard InChI is InChI=1S/C19H26N2O3/c1-13(19(23)20-16-5-6-16)21-11-9-15(10-12-21)18(22)14-3-7-17(24-2)8-4-14/h3-4,7-8,13,15-16H,5-6,9-12H2,1-2H3,(H,20,23). The summed E-state index contributed by atoms with van der Waals surface area (Å²) in [5.41, 5.74) is 0.744. The average molecular weight is 330 g/mol. The Morgan fingerprint density at radius 3 is 2.29 bits per heavy atom. The summed E-state index contributed by atoms with van der Waals surface area (Å²) in [6.07, 6.45) is 3.84. The molecule has 1 heterocycles. The molecule has 2 fully saturated rings. The van der Waals surface area contributed by atoms with Crippen molar-refractivity contribution in [2.45, 2.75) is 44.7 Å². The first kappa shape index (κ1) is 17.0. The Kier molecular flexibility index (Phi) is 5.19. The van der Waals surface area contributed by atoms with Crippen LogP contribution in [0, 0.1) is 5.92 Å². The second-order valence-electron chi connectivity index (χ2n) is 6.86. The van der Waals surface area contributed by atoms with E-state index < -0.39 is 0 Å². The summed E-state index contributed by atoms with van der Waals surface area (Å²) >= 11 is 0. The molecule has 1 aliphatic heterocycles. The maximum Gasteiger partial charge on any atom is 0.237 e. The zero-order valence-electron chi connectivity index (χ0n) is 14.5. The van der Waals surface area contributed by atoms with Crippen molar-refractivity contribution < 1.29 is 14.3 Å². The highest BCUT2D eigenvalue weighted by Crippen LogP contribution is 2.25. The van der Waals surface area contributed by atoms with Gasteiger partial charge in [0, 0.05) is 17.5 Å². The van der Waals surface area contributed by atoms with Gasteiger partial charge in [0.05, 0.1) is 13.2 Å². The first-order valence-electron chi connectivity index (χ1n) is 8.81. The Balaban J connectivity index is 1.51. The second-order valence-corrected chi connectivity index (χ2v) is 6.86. The molecule has 1 amide bonds. The monoisotopic (exact) mass is 330 g/mol. The Morgan fingerprint density at radius 1 is 1.12 bits per heavy atom. The van der Waals surface area contributed by atoms with E-state index in [4.69, 9.17) is 4.74 Å². The number of ether oxygens (including phenoxy) is 1. The molecule has 2 aliphatic rings. The van der Waals surface area contributed by atoms with Gasteiger partial charge in [0.15, 0.2) is 5.78 Å². The smallest absolute Gasteiger partial charge is 0.237 e. The topological polar surface area (TPSA) is 58.6 Å². The number of amides is 1. The molecule has 130 valence electrons. The molecule has 24 heavy (non-hydrogen) atoms. The zero-order valence-corrected chi connectivity index (χ0v) is 14.5. The highest BCUT2D eigenvalue weighted by molar-refractivity contribution is 5.98. The lowest BCUT2D eigenvalue weighted by molar-refractivity contribution is -0.126. The SMILES string of the molecule is COc1ccc(C(=O)C2CCN(C(C)C(=O)NC3CC3)CC2)cc1. The van der Waals surface area contributed by atoms with Crippen molar-refractivity contribution in [2.24, 2.45) is 5.92 Å². The molecular formula is C19H26N2O3. The van der Waals surface area contributed by atoms with Gasteiger partial charge in [0.25, 0.3) is 0 Å². The van der Waals surface area contributed by atoms with Gasteiger partial charge in [-0.05, 0) is 70.0 Å². The highest BCUT2D eigenvalue weighted by Gasteiger charge is 2.32. The van der Waals surface area contributed by atoms with E-state index in [1.54, 1.807) is 7.11 Å². The third kappa shape index (κ3) is 3.96. The minimum atomic E-state index is -0.109. The van der Waals surface area contributed by atoms with E-state index in [1.165, 1.54) is 0 Å². The van der Waals surface area contributed by atoms with Crippen LogP contribution in [0.4, 0.5) is 0 Å². The summed E-state index contributed by atoms with van der Waals surface area (Å²) in [6.45, 7) is 3.56. The molecule has 0 radical (unpaired) electrons. The molecule has 3 rings (SSSR count). The number of piperidine rings is 1. The molecule has 1 N–H and O–H groups in total. The lowest BCUT2D eigenvalue weighted by Gasteiger charge is -2.34. The molecule has 0 spiro atoms. The number of hydrogen-bond donors (Lipinski definition) is 1. The summed E-state index contributed by atoms with van der Waals surface area (Å²) in [5, 5.41) is 3.06. The Morgan fingerprint density at radius 2 is 1.75 bits per heavy atom. The van der Waals surface area contributed by atoms with Crippen molar-refractivity contribution in [3.05, 3.63) is 29.8 Å². The number of carbonyl (C=O) groups is 2. The molecule has 1 saturated carbocycles. The van der Waals surface area contributed by atoms with Crippen LogP contribution in [0.15, 0.2) is 24.3 Å². The molecule has 1 atom stereocenters. The van der Waals surface area contributed by atoms with Gasteiger partial charge in [0.2, 0.25) is 5.91 Å². The van der Waals surface area contributed by atoms with Crippen molar-refractivity contribution in [2.75, 3.05) is 20.2 Å². The quantitative estimate of drug-likeness (QED) is 0.813. The number of carbonyl (C=O) groups excluding carboxylic acids is 2. The molecule has 1 aromatic carbocycles. The van der Waals surface area contributed by atoms with Gasteiger partial charge in [-0.3, -0.25) is 14.5 Å². The molecule has 1 unspecified atom stereocenters. The highest BCUT2D eigenvalue weighted by atomic mass is 16.5. The maximum atomic E-state index is 12.6. The Labute approximate surface area is 143 Å². The van der Waals surface area contributed by atoms with Crippen LogP contribution >= 0.6 is 0 Å². The Hall–Kier alpha value is -1.88. The van der Waals surface area contributed by atoms with E-state index in [-0.39, 0.29) is 23.7 Å². The fourth-order valence-electron chi connectivity index (χ4n) is 3.26. The third-order valence-corrected chi connectivity index (χ3v) is 5.13. The number of nitrogens with zero attached hydrogens (tertiary/aromatic N) is 1. The van der Waals surface area contributed by atoms with Gasteiger partial charge in [-0.15, -0.1) is 0 Å². The van der Waals surface area contributed by atoms with Gasteiger partial charge in [-0.1, -0.05) is 0 Å². The molecule has 5 nitrogen and oxygen atoms in total. The second kappa shape index (κ2) is 7.34. The Bertz CT molecular complexity index is 587. The van der Waals surface area contributed by atoms with Crippen LogP contribution in [0.25, 0.3) is 0 Å². The molecule has 0 bridgehead atoms. The summed E-state index contributed by atoms with van der Waals surface area (Å²) in [5.74, 6) is 1.13. The minimum Gasteiger partial charge on any atom is -0.497 e. The van der Waals surface area contributed by atoms with Crippen LogP contribution < -0.4 is 10.1 Å². The van der Waals surface area contributed by atoms with E-state index in [0.29, 0.717) is 6.04 Å². The van der Waals surface area contributed by atoms with Gasteiger partial charge in [-0.2, -0.15) is 0 Å². The molecule has 1 saturated heterocycles. The van der Waals surface area contributed by atoms with Gasteiger partial charge in [0.1, 0.15) is 5.75 Å². The molecule has 5 heteroatoms. The number of Topliss-reactive ketones (excluding diaryl/α,β-unsaturated/α-hetero) is 1. The largest absolute Gasteiger partial charge is 0.497 e. The fourth-order valence-corrected chi connectivity index (χ4v) is 3.26. The first-order chi connectivity index (χ1) is 11.6. The molecular weight excluding hydrogens is 304 g/mol. The maximum absolute atomic E-state index is 12.6. The first-order valence-corrected chi connectivity index (χ1v) is 8.81. The van der Waals surface area contributed by atoms with Crippen molar-refractivity contribution in [3.63, 3.8) is 0 Å². The van der Waals surface area contributed by atoms with Crippen molar-refractivity contribution in [3.8, 4) is 5.75 Å². The van der Waals surface area contributed by atoms with E-state index in [1.807, 2.05) is 31.2 Å². The van der Waals surface area contributed by atoms with Gasteiger partial charge < -0.3 is 10.1 Å². The number of likely N-dealkylation sites (tertiary alicyclic amines) is 1. The number of rotatable bonds is 6. The number of hydrogen-bond acceptors (Lipinski definition) is 4. The van der Waals surface area contributed by atoms with Crippen molar-refractivity contribution >= 4 is 11.7 Å². The van der Waals surface area contributed by atoms with Gasteiger partial charge >= 0.3 is 0 Å². The number of ketones is 1. The number of methoxy groups -OCH3 is 1. The van der Waals surface area contributed by atoms with Crippen LogP contribution in [0.5, 0.6) is 5.75 Å². The minimum absolute atomic E-state index is 0.0494. The van der Waals surface area contributed by atoms with Crippen LogP contribution in [0.1, 0.15) is 43.0 Å². The molecule has 0 aromatic heterocycles. The lowest BCUT2D eigenvalue weighted by atomic mass is 9.88. The fraction of sp³-hybridized carbons (Fsp3) is 0.579. The number of nitrogens with one attached hydrogen (secondary N) is 1. The summed E-state index contributed by atoms with van der Waals surface area (Å²) < 4.78 is 5.13. The number of benzene rings is 1. The predicted molar refractivity (Wildman–Crippen MR) is 92.2 cm³/mol. The van der Waals surface area contributed by atoms with Crippen LogP contribution in [-0.2, 0) is 4.79 Å². The zero-order chi connectivity index (χ0) is 17.1.